The SMILES string of the molecule is CC(=O)N1C=Cc2ccccc2[C@H]1CC(=O)NCCc1ccc(S(N)(=O)=O)cc1. The standard InChI is InChI=1S/C21H23N3O4S/c1-15(25)24-13-11-17-4-2-3-5-19(17)20(24)14-21(26)23-12-10-16-6-8-18(9-7-16)29(22,27)28/h2-9,11,13,20H,10,12,14H2,1H3,(H,23,26)(H2,22,27,28)/t20-/m1/s1. The first-order valence-corrected chi connectivity index (χ1v) is 10.7. The van der Waals surface area contributed by atoms with Crippen molar-refractivity contribution in [3.63, 3.8) is 0 Å². The predicted octanol–water partition coefficient (Wildman–Crippen LogP) is 1.96. The molecule has 8 heteroatoms. The average molecular weight is 413 g/mol. The number of fused-ring (bicyclic) bond motifs is 1. The number of rotatable bonds is 6. The molecule has 3 rings (SSSR count). The van der Waals surface area contributed by atoms with Crippen LogP contribution >= 0.6 is 0 Å². The molecule has 0 radical (unpaired) electrons. The Bertz CT molecular complexity index is 1050. The van der Waals surface area contributed by atoms with Crippen molar-refractivity contribution in [3.8, 4) is 0 Å². The molecule has 0 saturated heterocycles. The Balaban J connectivity index is 1.60. The van der Waals surface area contributed by atoms with E-state index in [9.17, 15) is 18.0 Å². The summed E-state index contributed by atoms with van der Waals surface area (Å²) < 4.78 is 22.6. The normalized spacial score (nSPS) is 15.7. The monoisotopic (exact) mass is 413 g/mol. The number of hydrogen-bond acceptors (Lipinski definition) is 4. The quantitative estimate of drug-likeness (QED) is 0.754. The van der Waals surface area contributed by atoms with Gasteiger partial charge in [-0.15, -0.1) is 0 Å². The number of carbonyl (C=O) groups is 2. The second kappa shape index (κ2) is 8.59. The Morgan fingerprint density at radius 3 is 2.45 bits per heavy atom. The molecule has 0 aromatic heterocycles. The molecule has 0 spiro atoms. The minimum Gasteiger partial charge on any atom is -0.356 e. The molecule has 7 nitrogen and oxygen atoms in total. The summed E-state index contributed by atoms with van der Waals surface area (Å²) in [6.45, 7) is 1.88. The van der Waals surface area contributed by atoms with Crippen LogP contribution in [0.4, 0.5) is 0 Å². The van der Waals surface area contributed by atoms with Crippen molar-refractivity contribution in [2.24, 2.45) is 5.14 Å². The Morgan fingerprint density at radius 2 is 1.79 bits per heavy atom. The van der Waals surface area contributed by atoms with Crippen LogP contribution in [0.25, 0.3) is 6.08 Å². The maximum absolute atomic E-state index is 12.5. The van der Waals surface area contributed by atoms with E-state index in [4.69, 9.17) is 5.14 Å². The molecule has 29 heavy (non-hydrogen) atoms. The highest BCUT2D eigenvalue weighted by Crippen LogP contribution is 2.32. The van der Waals surface area contributed by atoms with Gasteiger partial charge >= 0.3 is 0 Å². The van der Waals surface area contributed by atoms with Gasteiger partial charge in [0.2, 0.25) is 21.8 Å². The summed E-state index contributed by atoms with van der Waals surface area (Å²) in [6, 6.07) is 13.6. The number of nitrogens with one attached hydrogen (secondary N) is 1. The molecule has 3 N–H and O–H groups in total. The first-order valence-electron chi connectivity index (χ1n) is 9.20. The van der Waals surface area contributed by atoms with E-state index in [2.05, 4.69) is 5.32 Å². The maximum Gasteiger partial charge on any atom is 0.238 e. The summed E-state index contributed by atoms with van der Waals surface area (Å²) >= 11 is 0. The molecule has 152 valence electrons. The van der Waals surface area contributed by atoms with Crippen LogP contribution < -0.4 is 10.5 Å². The van der Waals surface area contributed by atoms with Crippen molar-refractivity contribution in [2.75, 3.05) is 6.54 Å². The lowest BCUT2D eigenvalue weighted by atomic mass is 9.93. The molecule has 0 saturated carbocycles. The number of nitrogens with two attached hydrogens (primary N) is 1. The average Bonchev–Trinajstić information content (AvgIpc) is 2.67. The number of amides is 2. The van der Waals surface area contributed by atoms with Gasteiger partial charge in [-0.2, -0.15) is 0 Å². The third kappa shape index (κ3) is 5.10. The molecule has 2 amide bonds. The number of sulfonamides is 1. The molecule has 1 heterocycles. The molecule has 1 aliphatic rings. The van der Waals surface area contributed by atoms with Crippen LogP contribution in [0.1, 0.15) is 36.1 Å². The molecule has 0 fully saturated rings. The van der Waals surface area contributed by atoms with Crippen LogP contribution in [-0.2, 0) is 26.0 Å². The summed E-state index contributed by atoms with van der Waals surface area (Å²) in [7, 11) is -3.71. The van der Waals surface area contributed by atoms with E-state index in [1.54, 1.807) is 23.2 Å². The lowest BCUT2D eigenvalue weighted by Crippen LogP contribution is -2.35. The van der Waals surface area contributed by atoms with Gasteiger partial charge in [0.1, 0.15) is 0 Å². The number of hydrogen-bond donors (Lipinski definition) is 2. The van der Waals surface area contributed by atoms with Gasteiger partial charge in [0.15, 0.2) is 0 Å². The molecular weight excluding hydrogens is 390 g/mol. The molecule has 0 aliphatic carbocycles. The van der Waals surface area contributed by atoms with Gasteiger partial charge in [-0.25, -0.2) is 13.6 Å². The molecule has 2 aromatic carbocycles. The minimum absolute atomic E-state index is 0.0543. The molecular formula is C21H23N3O4S. The fourth-order valence-corrected chi connectivity index (χ4v) is 3.87. The first-order chi connectivity index (χ1) is 13.8. The van der Waals surface area contributed by atoms with Crippen LogP contribution in [0.15, 0.2) is 59.6 Å². The Morgan fingerprint density at radius 1 is 1.10 bits per heavy atom. The van der Waals surface area contributed by atoms with Crippen molar-refractivity contribution >= 4 is 27.9 Å². The van der Waals surface area contributed by atoms with Crippen LogP contribution in [0.5, 0.6) is 0 Å². The molecule has 0 unspecified atom stereocenters. The van der Waals surface area contributed by atoms with Crippen LogP contribution in [-0.4, -0.2) is 31.7 Å². The number of benzene rings is 2. The van der Waals surface area contributed by atoms with E-state index in [0.717, 1.165) is 16.7 Å². The Labute approximate surface area is 170 Å². The van der Waals surface area contributed by atoms with Crippen molar-refractivity contribution in [3.05, 3.63) is 71.4 Å². The molecule has 0 bridgehead atoms. The zero-order chi connectivity index (χ0) is 21.0. The Hall–Kier alpha value is -2.97. The van der Waals surface area contributed by atoms with Gasteiger partial charge in [-0.1, -0.05) is 36.4 Å². The summed E-state index contributed by atoms with van der Waals surface area (Å²) in [5.41, 5.74) is 2.82. The highest BCUT2D eigenvalue weighted by Gasteiger charge is 2.27. The van der Waals surface area contributed by atoms with Gasteiger partial charge in [-0.05, 0) is 41.3 Å². The first kappa shape index (κ1) is 20.8. The van der Waals surface area contributed by atoms with E-state index >= 15 is 0 Å². The summed E-state index contributed by atoms with van der Waals surface area (Å²) in [5, 5.41) is 7.95. The van der Waals surface area contributed by atoms with E-state index < -0.39 is 10.0 Å². The largest absolute Gasteiger partial charge is 0.356 e. The van der Waals surface area contributed by atoms with Crippen molar-refractivity contribution in [1.82, 2.24) is 10.2 Å². The van der Waals surface area contributed by atoms with E-state index in [1.807, 2.05) is 30.3 Å². The zero-order valence-electron chi connectivity index (χ0n) is 16.0. The summed E-state index contributed by atoms with van der Waals surface area (Å²) in [5.74, 6) is -0.281. The molecule has 1 atom stereocenters. The van der Waals surface area contributed by atoms with Gasteiger partial charge in [0.05, 0.1) is 17.4 Å². The zero-order valence-corrected chi connectivity index (χ0v) is 16.9. The maximum atomic E-state index is 12.5. The highest BCUT2D eigenvalue weighted by atomic mass is 32.2. The van der Waals surface area contributed by atoms with Gasteiger partial charge in [-0.3, -0.25) is 9.59 Å². The molecule has 2 aromatic rings. The Kier molecular flexibility index (Phi) is 6.14. The number of nitrogens with zero attached hydrogens (tertiary/aromatic N) is 1. The fourth-order valence-electron chi connectivity index (χ4n) is 3.35. The predicted molar refractivity (Wildman–Crippen MR) is 110 cm³/mol. The second-order valence-corrected chi connectivity index (χ2v) is 8.44. The lowest BCUT2D eigenvalue weighted by molar-refractivity contribution is -0.129. The minimum atomic E-state index is -3.71. The topological polar surface area (TPSA) is 110 Å². The lowest BCUT2D eigenvalue weighted by Gasteiger charge is -2.32. The third-order valence-corrected chi connectivity index (χ3v) is 5.76. The summed E-state index contributed by atoms with van der Waals surface area (Å²) in [4.78, 5) is 26.1. The van der Waals surface area contributed by atoms with Crippen molar-refractivity contribution in [2.45, 2.75) is 30.7 Å². The highest BCUT2D eigenvalue weighted by molar-refractivity contribution is 7.89. The number of carbonyl (C=O) groups excluding carboxylic acids is 2. The summed E-state index contributed by atoms with van der Waals surface area (Å²) in [6.07, 6.45) is 4.30. The van der Waals surface area contributed by atoms with Crippen molar-refractivity contribution in [1.29, 1.82) is 0 Å². The van der Waals surface area contributed by atoms with Gasteiger partial charge in [0.25, 0.3) is 0 Å². The van der Waals surface area contributed by atoms with Gasteiger partial charge < -0.3 is 10.2 Å². The smallest absolute Gasteiger partial charge is 0.238 e. The second-order valence-electron chi connectivity index (χ2n) is 6.88. The van der Waals surface area contributed by atoms with Crippen LogP contribution in [0.2, 0.25) is 0 Å². The van der Waals surface area contributed by atoms with Crippen LogP contribution in [0.3, 0.4) is 0 Å². The van der Waals surface area contributed by atoms with Crippen molar-refractivity contribution < 1.29 is 18.0 Å². The third-order valence-electron chi connectivity index (χ3n) is 4.84. The van der Waals surface area contributed by atoms with Gasteiger partial charge in [0, 0.05) is 19.7 Å². The van der Waals surface area contributed by atoms with E-state index in [1.165, 1.54) is 19.1 Å². The van der Waals surface area contributed by atoms with E-state index in [0.29, 0.717) is 13.0 Å². The fraction of sp³-hybridized carbons (Fsp3) is 0.238. The number of primary sulfonamides is 1. The van der Waals surface area contributed by atoms with Crippen LogP contribution in [0, 0.1) is 0 Å². The van der Waals surface area contributed by atoms with E-state index in [-0.39, 0.29) is 29.2 Å². The molecule has 1 aliphatic heterocycles.